The Balaban J connectivity index is 0.00000288. The lowest BCUT2D eigenvalue weighted by Gasteiger charge is -2.15. The molecule has 1 aromatic carbocycles. The normalized spacial score (nSPS) is 12.2. The highest BCUT2D eigenvalue weighted by molar-refractivity contribution is 14.0. The topological polar surface area (TPSA) is 45.7 Å². The molecule has 4 nitrogen and oxygen atoms in total. The van der Waals surface area contributed by atoms with Crippen LogP contribution in [0.3, 0.4) is 0 Å². The van der Waals surface area contributed by atoms with Gasteiger partial charge in [-0.15, -0.1) is 24.0 Å². The van der Waals surface area contributed by atoms with Gasteiger partial charge in [0.25, 0.3) is 0 Å². The zero-order valence-corrected chi connectivity index (χ0v) is 17.6. The molecule has 1 aromatic heterocycles. The summed E-state index contributed by atoms with van der Waals surface area (Å²) in [5.74, 6) is 2.23. The van der Waals surface area contributed by atoms with Crippen LogP contribution >= 0.6 is 35.3 Å². The minimum absolute atomic E-state index is 0. The first kappa shape index (κ1) is 20.8. The molecule has 6 heteroatoms. The number of rotatable bonds is 7. The summed E-state index contributed by atoms with van der Waals surface area (Å²) in [6, 6.07) is 10.4. The standard InChI is InChI=1S/C18H25N3OS.HI/c1-14(16-4-6-17(22-3)7-5-16)8-10-20-18(19-2)21-12-15-9-11-23-13-15;/h4-7,9,11,13-14H,8,10,12H2,1-3H3,(H2,19,20,21);1H. The molecule has 1 unspecified atom stereocenters. The van der Waals surface area contributed by atoms with E-state index in [1.54, 1.807) is 25.5 Å². The van der Waals surface area contributed by atoms with E-state index in [-0.39, 0.29) is 24.0 Å². The minimum Gasteiger partial charge on any atom is -0.497 e. The highest BCUT2D eigenvalue weighted by Gasteiger charge is 2.06. The molecule has 0 saturated heterocycles. The lowest BCUT2D eigenvalue weighted by molar-refractivity contribution is 0.414. The zero-order valence-electron chi connectivity index (χ0n) is 14.4. The molecule has 1 atom stereocenters. The first-order chi connectivity index (χ1) is 11.2. The van der Waals surface area contributed by atoms with Crippen molar-refractivity contribution in [3.8, 4) is 5.75 Å². The number of nitrogens with one attached hydrogen (secondary N) is 2. The Morgan fingerprint density at radius 2 is 1.96 bits per heavy atom. The maximum atomic E-state index is 5.20. The number of guanidine groups is 1. The maximum absolute atomic E-state index is 5.20. The Morgan fingerprint density at radius 3 is 2.54 bits per heavy atom. The van der Waals surface area contributed by atoms with Crippen LogP contribution < -0.4 is 15.4 Å². The summed E-state index contributed by atoms with van der Waals surface area (Å²) in [7, 11) is 3.49. The smallest absolute Gasteiger partial charge is 0.191 e. The van der Waals surface area contributed by atoms with Gasteiger partial charge in [-0.2, -0.15) is 11.3 Å². The molecule has 2 rings (SSSR count). The van der Waals surface area contributed by atoms with Crippen molar-refractivity contribution in [2.75, 3.05) is 20.7 Å². The highest BCUT2D eigenvalue weighted by Crippen LogP contribution is 2.21. The third-order valence-electron chi connectivity index (χ3n) is 3.82. The first-order valence-electron chi connectivity index (χ1n) is 7.82. The third-order valence-corrected chi connectivity index (χ3v) is 4.55. The van der Waals surface area contributed by atoms with E-state index in [4.69, 9.17) is 4.74 Å². The van der Waals surface area contributed by atoms with Crippen molar-refractivity contribution < 1.29 is 4.74 Å². The summed E-state index contributed by atoms with van der Waals surface area (Å²) in [5.41, 5.74) is 2.61. The summed E-state index contributed by atoms with van der Waals surface area (Å²) < 4.78 is 5.20. The monoisotopic (exact) mass is 459 g/mol. The second-order valence-corrected chi connectivity index (χ2v) is 6.23. The summed E-state index contributed by atoms with van der Waals surface area (Å²) in [6.07, 6.45) is 1.05. The number of halogens is 1. The van der Waals surface area contributed by atoms with Crippen molar-refractivity contribution in [2.45, 2.75) is 25.8 Å². The molecular weight excluding hydrogens is 433 g/mol. The molecule has 0 aliphatic carbocycles. The van der Waals surface area contributed by atoms with Crippen LogP contribution in [0, 0.1) is 0 Å². The lowest BCUT2D eigenvalue weighted by Crippen LogP contribution is -2.37. The van der Waals surface area contributed by atoms with Crippen LogP contribution in [0.25, 0.3) is 0 Å². The van der Waals surface area contributed by atoms with Gasteiger partial charge in [-0.25, -0.2) is 0 Å². The van der Waals surface area contributed by atoms with Crippen LogP contribution in [0.15, 0.2) is 46.1 Å². The zero-order chi connectivity index (χ0) is 16.5. The SMILES string of the molecule is CN=C(NCCC(C)c1ccc(OC)cc1)NCc1ccsc1.I. The van der Waals surface area contributed by atoms with Crippen LogP contribution in [-0.2, 0) is 6.54 Å². The maximum Gasteiger partial charge on any atom is 0.191 e. The van der Waals surface area contributed by atoms with Crippen molar-refractivity contribution in [1.29, 1.82) is 0 Å². The molecule has 0 aliphatic rings. The summed E-state index contributed by atoms with van der Waals surface area (Å²) in [5, 5.41) is 10.9. The van der Waals surface area contributed by atoms with Gasteiger partial charge in [0.1, 0.15) is 5.75 Å². The van der Waals surface area contributed by atoms with E-state index in [0.717, 1.165) is 31.2 Å². The molecular formula is C18H26IN3OS. The quantitative estimate of drug-likeness (QED) is 0.370. The summed E-state index contributed by atoms with van der Waals surface area (Å²) in [6.45, 7) is 3.93. The Hall–Kier alpha value is -1.28. The average Bonchev–Trinajstić information content (AvgIpc) is 3.11. The number of thiophene rings is 1. The fourth-order valence-electron chi connectivity index (χ4n) is 2.31. The summed E-state index contributed by atoms with van der Waals surface area (Å²) in [4.78, 5) is 4.26. The molecule has 2 aromatic rings. The van der Waals surface area contributed by atoms with Gasteiger partial charge in [-0.1, -0.05) is 19.1 Å². The van der Waals surface area contributed by atoms with Crippen LogP contribution in [0.1, 0.15) is 30.4 Å². The number of aliphatic imine (C=N–C) groups is 1. The number of nitrogens with zero attached hydrogens (tertiary/aromatic N) is 1. The number of benzene rings is 1. The molecule has 24 heavy (non-hydrogen) atoms. The second-order valence-electron chi connectivity index (χ2n) is 5.45. The molecule has 0 fully saturated rings. The van der Waals surface area contributed by atoms with E-state index in [1.807, 2.05) is 12.1 Å². The molecule has 1 heterocycles. The predicted molar refractivity (Wildman–Crippen MR) is 114 cm³/mol. The second kappa shape index (κ2) is 11.3. The fraction of sp³-hybridized carbons (Fsp3) is 0.389. The molecule has 0 spiro atoms. The van der Waals surface area contributed by atoms with E-state index in [0.29, 0.717) is 5.92 Å². The molecule has 0 amide bonds. The highest BCUT2D eigenvalue weighted by atomic mass is 127. The van der Waals surface area contributed by atoms with E-state index in [1.165, 1.54) is 11.1 Å². The molecule has 2 N–H and O–H groups in total. The Morgan fingerprint density at radius 1 is 1.21 bits per heavy atom. The van der Waals surface area contributed by atoms with Crippen molar-refractivity contribution in [3.63, 3.8) is 0 Å². The third kappa shape index (κ3) is 6.68. The van der Waals surface area contributed by atoms with Gasteiger partial charge in [-0.05, 0) is 52.4 Å². The average molecular weight is 459 g/mol. The number of hydrogen-bond donors (Lipinski definition) is 2. The van der Waals surface area contributed by atoms with E-state index in [9.17, 15) is 0 Å². The summed E-state index contributed by atoms with van der Waals surface area (Å²) >= 11 is 1.71. The van der Waals surface area contributed by atoms with E-state index >= 15 is 0 Å². The van der Waals surface area contributed by atoms with E-state index in [2.05, 4.69) is 51.5 Å². The van der Waals surface area contributed by atoms with Gasteiger partial charge >= 0.3 is 0 Å². The van der Waals surface area contributed by atoms with Gasteiger partial charge in [-0.3, -0.25) is 4.99 Å². The predicted octanol–water partition coefficient (Wildman–Crippen LogP) is 4.23. The van der Waals surface area contributed by atoms with Crippen LogP contribution in [0.5, 0.6) is 5.75 Å². The molecule has 0 aliphatic heterocycles. The minimum atomic E-state index is 0. The van der Waals surface area contributed by atoms with Gasteiger partial charge in [0, 0.05) is 20.1 Å². The Labute approximate surface area is 165 Å². The largest absolute Gasteiger partial charge is 0.497 e. The Kier molecular flexibility index (Phi) is 9.78. The van der Waals surface area contributed by atoms with Crippen LogP contribution in [0.4, 0.5) is 0 Å². The van der Waals surface area contributed by atoms with Gasteiger partial charge in [0.05, 0.1) is 7.11 Å². The van der Waals surface area contributed by atoms with Gasteiger partial charge < -0.3 is 15.4 Å². The molecule has 0 saturated carbocycles. The first-order valence-corrected chi connectivity index (χ1v) is 8.76. The fourth-order valence-corrected chi connectivity index (χ4v) is 2.97. The molecule has 0 bridgehead atoms. The van der Waals surface area contributed by atoms with Crippen LogP contribution in [0.2, 0.25) is 0 Å². The van der Waals surface area contributed by atoms with E-state index < -0.39 is 0 Å². The number of ether oxygens (including phenoxy) is 1. The molecule has 132 valence electrons. The van der Waals surface area contributed by atoms with Crippen molar-refractivity contribution in [1.82, 2.24) is 10.6 Å². The molecule has 0 radical (unpaired) electrons. The van der Waals surface area contributed by atoms with Gasteiger partial charge in [0.2, 0.25) is 0 Å². The van der Waals surface area contributed by atoms with Crippen molar-refractivity contribution in [2.24, 2.45) is 4.99 Å². The number of hydrogen-bond acceptors (Lipinski definition) is 3. The van der Waals surface area contributed by atoms with Crippen LogP contribution in [-0.4, -0.2) is 26.7 Å². The lowest BCUT2D eigenvalue weighted by atomic mass is 9.98. The van der Waals surface area contributed by atoms with Gasteiger partial charge in [0.15, 0.2) is 5.96 Å². The number of methoxy groups -OCH3 is 1. The Bertz CT molecular complexity index is 599. The van der Waals surface area contributed by atoms with Crippen molar-refractivity contribution >= 4 is 41.3 Å². The van der Waals surface area contributed by atoms with Crippen molar-refractivity contribution in [3.05, 3.63) is 52.2 Å².